The first kappa shape index (κ1) is 8.52. The highest BCUT2D eigenvalue weighted by Gasteiger charge is 2.43. The Morgan fingerprint density at radius 3 is 2.75 bits per heavy atom. The highest BCUT2D eigenvalue weighted by molar-refractivity contribution is 4.93. The van der Waals surface area contributed by atoms with E-state index in [4.69, 9.17) is 4.74 Å². The van der Waals surface area contributed by atoms with Crippen LogP contribution in [0.4, 0.5) is 0 Å². The van der Waals surface area contributed by atoms with Crippen LogP contribution < -0.4 is 0 Å². The Hall–Kier alpha value is -0.0800. The van der Waals surface area contributed by atoms with Crippen molar-refractivity contribution >= 4 is 0 Å². The van der Waals surface area contributed by atoms with Crippen LogP contribution in [0.15, 0.2) is 0 Å². The molecule has 2 saturated carbocycles. The summed E-state index contributed by atoms with van der Waals surface area (Å²) in [5, 5.41) is 9.69. The molecule has 2 fully saturated rings. The number of hydrogen-bond donors (Lipinski definition) is 1. The Bertz CT molecular complexity index is 158. The van der Waals surface area contributed by atoms with E-state index in [0.717, 1.165) is 12.3 Å². The van der Waals surface area contributed by atoms with E-state index in [9.17, 15) is 5.11 Å². The van der Waals surface area contributed by atoms with Crippen molar-refractivity contribution in [1.29, 1.82) is 0 Å². The second-order valence-corrected chi connectivity index (χ2v) is 4.21. The van der Waals surface area contributed by atoms with Gasteiger partial charge >= 0.3 is 0 Å². The quantitative estimate of drug-likeness (QED) is 0.647. The van der Waals surface area contributed by atoms with Crippen molar-refractivity contribution in [2.24, 2.45) is 11.8 Å². The summed E-state index contributed by atoms with van der Waals surface area (Å²) in [6, 6.07) is 0. The van der Waals surface area contributed by atoms with Crippen LogP contribution in [-0.2, 0) is 4.74 Å². The molecule has 0 saturated heterocycles. The zero-order valence-corrected chi connectivity index (χ0v) is 7.70. The Balaban J connectivity index is 2.05. The molecule has 2 rings (SSSR count). The van der Waals surface area contributed by atoms with Gasteiger partial charge in [0, 0.05) is 7.11 Å². The third-order valence-electron chi connectivity index (χ3n) is 3.59. The molecule has 0 aromatic rings. The summed E-state index contributed by atoms with van der Waals surface area (Å²) >= 11 is 0. The Kier molecular flexibility index (Phi) is 2.37. The largest absolute Gasteiger partial charge is 0.390 e. The second kappa shape index (κ2) is 3.35. The third kappa shape index (κ3) is 1.27. The number of ether oxygens (including phenoxy) is 1. The van der Waals surface area contributed by atoms with Gasteiger partial charge in [-0.1, -0.05) is 12.8 Å². The lowest BCUT2D eigenvalue weighted by atomic mass is 9.81. The fraction of sp³-hybridized carbons (Fsp3) is 1.00. The summed E-state index contributed by atoms with van der Waals surface area (Å²) in [6.07, 6.45) is 6.17. The number of hydrogen-bond acceptors (Lipinski definition) is 2. The molecule has 1 N–H and O–H groups in total. The first-order valence-electron chi connectivity index (χ1n) is 5.04. The smallest absolute Gasteiger partial charge is 0.0860 e. The zero-order valence-electron chi connectivity index (χ0n) is 7.70. The van der Waals surface area contributed by atoms with Crippen LogP contribution in [0.5, 0.6) is 0 Å². The van der Waals surface area contributed by atoms with Gasteiger partial charge in [0.2, 0.25) is 0 Å². The molecule has 0 aliphatic heterocycles. The summed E-state index contributed by atoms with van der Waals surface area (Å²) in [5.74, 6) is 1.40. The molecule has 0 aromatic heterocycles. The normalized spacial score (nSPS) is 47.5. The maximum Gasteiger partial charge on any atom is 0.0860 e. The number of aliphatic hydroxyl groups excluding tert-OH is 1. The maximum atomic E-state index is 9.69. The summed E-state index contributed by atoms with van der Waals surface area (Å²) in [4.78, 5) is 0. The van der Waals surface area contributed by atoms with E-state index in [1.807, 2.05) is 0 Å². The molecule has 0 radical (unpaired) electrons. The first-order valence-corrected chi connectivity index (χ1v) is 5.04. The fourth-order valence-corrected chi connectivity index (χ4v) is 3.02. The van der Waals surface area contributed by atoms with Crippen molar-refractivity contribution in [3.63, 3.8) is 0 Å². The summed E-state index contributed by atoms with van der Waals surface area (Å²) in [5.41, 5.74) is 0. The van der Waals surface area contributed by atoms with E-state index >= 15 is 0 Å². The Labute approximate surface area is 73.9 Å². The van der Waals surface area contributed by atoms with Gasteiger partial charge < -0.3 is 9.84 Å². The van der Waals surface area contributed by atoms with Gasteiger partial charge in [-0.25, -0.2) is 0 Å². The first-order chi connectivity index (χ1) is 5.83. The SMILES string of the molecule is CO[C@H]1[C@H]2CCCC[C@H]2C[C@H]1O. The lowest BCUT2D eigenvalue weighted by Gasteiger charge is -2.28. The monoisotopic (exact) mass is 170 g/mol. The van der Waals surface area contributed by atoms with Crippen LogP contribution in [0.2, 0.25) is 0 Å². The van der Waals surface area contributed by atoms with Crippen LogP contribution in [0, 0.1) is 11.8 Å². The molecule has 0 spiro atoms. The van der Waals surface area contributed by atoms with Crippen LogP contribution in [0.25, 0.3) is 0 Å². The van der Waals surface area contributed by atoms with Crippen LogP contribution >= 0.6 is 0 Å². The molecule has 4 atom stereocenters. The molecule has 0 amide bonds. The van der Waals surface area contributed by atoms with E-state index in [-0.39, 0.29) is 12.2 Å². The number of methoxy groups -OCH3 is 1. The Morgan fingerprint density at radius 1 is 1.25 bits per heavy atom. The Morgan fingerprint density at radius 2 is 2.00 bits per heavy atom. The standard InChI is InChI=1S/C10H18O2/c1-12-10-8-5-3-2-4-7(8)6-9(10)11/h7-11H,2-6H2,1H3/t7-,8-,9+,10-/m0/s1. The zero-order chi connectivity index (χ0) is 8.55. The predicted octanol–water partition coefficient (Wildman–Crippen LogP) is 1.57. The number of aliphatic hydroxyl groups is 1. The maximum absolute atomic E-state index is 9.69. The van der Waals surface area contributed by atoms with Crippen molar-refractivity contribution in [2.45, 2.75) is 44.3 Å². The van der Waals surface area contributed by atoms with E-state index in [0.29, 0.717) is 5.92 Å². The average Bonchev–Trinajstić information content (AvgIpc) is 2.40. The molecule has 0 aromatic carbocycles. The molecular formula is C10H18O2. The van der Waals surface area contributed by atoms with Gasteiger partial charge in [-0.3, -0.25) is 0 Å². The van der Waals surface area contributed by atoms with Gasteiger partial charge in [0.05, 0.1) is 12.2 Å². The van der Waals surface area contributed by atoms with Crippen LogP contribution in [-0.4, -0.2) is 24.4 Å². The van der Waals surface area contributed by atoms with Gasteiger partial charge in [-0.2, -0.15) is 0 Å². The highest BCUT2D eigenvalue weighted by atomic mass is 16.5. The van der Waals surface area contributed by atoms with E-state index in [2.05, 4.69) is 0 Å². The molecule has 0 unspecified atom stereocenters. The molecule has 2 heteroatoms. The topological polar surface area (TPSA) is 29.5 Å². The highest BCUT2D eigenvalue weighted by Crippen LogP contribution is 2.43. The molecule has 70 valence electrons. The molecule has 12 heavy (non-hydrogen) atoms. The molecular weight excluding hydrogens is 152 g/mol. The van der Waals surface area contributed by atoms with Crippen LogP contribution in [0.1, 0.15) is 32.1 Å². The molecule has 2 aliphatic rings. The van der Waals surface area contributed by atoms with Crippen molar-refractivity contribution < 1.29 is 9.84 Å². The minimum Gasteiger partial charge on any atom is -0.390 e. The van der Waals surface area contributed by atoms with E-state index in [1.165, 1.54) is 25.7 Å². The second-order valence-electron chi connectivity index (χ2n) is 4.21. The van der Waals surface area contributed by atoms with E-state index in [1.54, 1.807) is 7.11 Å². The lowest BCUT2D eigenvalue weighted by Crippen LogP contribution is -2.29. The minimum atomic E-state index is -0.192. The molecule has 2 nitrogen and oxygen atoms in total. The van der Waals surface area contributed by atoms with Gasteiger partial charge in [-0.15, -0.1) is 0 Å². The van der Waals surface area contributed by atoms with Crippen molar-refractivity contribution in [3.8, 4) is 0 Å². The van der Waals surface area contributed by atoms with Crippen molar-refractivity contribution in [1.82, 2.24) is 0 Å². The van der Waals surface area contributed by atoms with Crippen molar-refractivity contribution in [3.05, 3.63) is 0 Å². The van der Waals surface area contributed by atoms with Crippen LogP contribution in [0.3, 0.4) is 0 Å². The summed E-state index contributed by atoms with van der Waals surface area (Å²) in [6.45, 7) is 0. The van der Waals surface area contributed by atoms with Gasteiger partial charge in [0.1, 0.15) is 0 Å². The summed E-state index contributed by atoms with van der Waals surface area (Å²) < 4.78 is 5.34. The van der Waals surface area contributed by atoms with Gasteiger partial charge in [-0.05, 0) is 31.1 Å². The van der Waals surface area contributed by atoms with E-state index < -0.39 is 0 Å². The van der Waals surface area contributed by atoms with Gasteiger partial charge in [0.15, 0.2) is 0 Å². The van der Waals surface area contributed by atoms with Crippen molar-refractivity contribution in [2.75, 3.05) is 7.11 Å². The summed E-state index contributed by atoms with van der Waals surface area (Å²) in [7, 11) is 1.73. The minimum absolute atomic E-state index is 0.135. The molecule has 0 bridgehead atoms. The molecule has 2 aliphatic carbocycles. The third-order valence-corrected chi connectivity index (χ3v) is 3.59. The molecule has 0 heterocycles. The van der Waals surface area contributed by atoms with Gasteiger partial charge in [0.25, 0.3) is 0 Å². The fourth-order valence-electron chi connectivity index (χ4n) is 3.02. The number of rotatable bonds is 1. The number of fused-ring (bicyclic) bond motifs is 1. The lowest BCUT2D eigenvalue weighted by molar-refractivity contribution is -0.0192. The average molecular weight is 170 g/mol. The predicted molar refractivity (Wildman–Crippen MR) is 46.9 cm³/mol.